The Morgan fingerprint density at radius 3 is 2.96 bits per heavy atom. The van der Waals surface area contributed by atoms with E-state index in [9.17, 15) is 4.39 Å². The van der Waals surface area contributed by atoms with E-state index in [4.69, 9.17) is 14.7 Å². The summed E-state index contributed by atoms with van der Waals surface area (Å²) in [6, 6.07) is 8.40. The van der Waals surface area contributed by atoms with Gasteiger partial charge in [-0.15, -0.1) is 0 Å². The Labute approximate surface area is 159 Å². The van der Waals surface area contributed by atoms with Crippen molar-refractivity contribution in [3.8, 4) is 0 Å². The summed E-state index contributed by atoms with van der Waals surface area (Å²) in [5.41, 5.74) is 2.82. The number of ether oxygens (including phenoxy) is 1. The quantitative estimate of drug-likeness (QED) is 0.885. The lowest BCUT2D eigenvalue weighted by Crippen LogP contribution is -2.31. The van der Waals surface area contributed by atoms with Gasteiger partial charge in [0.05, 0.1) is 18.9 Å². The van der Waals surface area contributed by atoms with Crippen LogP contribution in [0.1, 0.15) is 36.7 Å². The van der Waals surface area contributed by atoms with Crippen molar-refractivity contribution in [2.75, 3.05) is 38.7 Å². The van der Waals surface area contributed by atoms with Crippen LogP contribution >= 0.6 is 0 Å². The lowest BCUT2D eigenvalue weighted by molar-refractivity contribution is 0.161. The van der Waals surface area contributed by atoms with E-state index in [0.29, 0.717) is 30.6 Å². The molecule has 1 aromatic carbocycles. The number of nitrogens with zero attached hydrogens (tertiary/aromatic N) is 3. The van der Waals surface area contributed by atoms with E-state index >= 15 is 0 Å². The first-order valence-electron chi connectivity index (χ1n) is 9.54. The maximum Gasteiger partial charge on any atom is 0.135 e. The fraction of sp³-hybridized carbons (Fsp3) is 0.429. The molecule has 0 spiro atoms. The number of anilines is 2. The second-order valence-electron chi connectivity index (χ2n) is 7.29. The van der Waals surface area contributed by atoms with E-state index in [1.165, 1.54) is 17.7 Å². The molecule has 5 nitrogen and oxygen atoms in total. The molecular formula is C21H25FN4O. The first kappa shape index (κ1) is 18.1. The Bertz CT molecular complexity index is 839. The van der Waals surface area contributed by atoms with Gasteiger partial charge in [-0.25, -0.2) is 14.4 Å². The third kappa shape index (κ3) is 4.51. The molecule has 4 rings (SSSR count). The minimum absolute atomic E-state index is 0.268. The summed E-state index contributed by atoms with van der Waals surface area (Å²) in [6.07, 6.45) is 5.18. The molecular weight excluding hydrogens is 343 g/mol. The van der Waals surface area contributed by atoms with Crippen molar-refractivity contribution in [3.05, 3.63) is 53.7 Å². The first-order chi connectivity index (χ1) is 13.2. The van der Waals surface area contributed by atoms with Crippen LogP contribution in [0.3, 0.4) is 0 Å². The predicted octanol–water partition coefficient (Wildman–Crippen LogP) is 3.97. The first-order valence-corrected chi connectivity index (χ1v) is 9.54. The molecule has 2 aromatic rings. The van der Waals surface area contributed by atoms with Crippen LogP contribution in [0.25, 0.3) is 5.57 Å². The van der Waals surface area contributed by atoms with Gasteiger partial charge >= 0.3 is 0 Å². The van der Waals surface area contributed by atoms with E-state index in [2.05, 4.69) is 23.3 Å². The summed E-state index contributed by atoms with van der Waals surface area (Å²) in [5, 5.41) is 3.25. The number of halogens is 1. The minimum Gasteiger partial charge on any atom is -0.377 e. The molecule has 1 unspecified atom stereocenters. The van der Waals surface area contributed by atoms with Gasteiger partial charge in [-0.05, 0) is 56.6 Å². The van der Waals surface area contributed by atoms with Gasteiger partial charge in [-0.3, -0.25) is 0 Å². The Balaban J connectivity index is 1.68. The molecule has 27 heavy (non-hydrogen) atoms. The highest BCUT2D eigenvalue weighted by atomic mass is 19.1. The van der Waals surface area contributed by atoms with Crippen molar-refractivity contribution >= 4 is 17.1 Å². The van der Waals surface area contributed by atoms with E-state index in [1.807, 2.05) is 12.1 Å². The molecule has 0 saturated carbocycles. The third-order valence-electron chi connectivity index (χ3n) is 5.12. The van der Waals surface area contributed by atoms with Crippen LogP contribution in [0, 0.1) is 5.82 Å². The predicted molar refractivity (Wildman–Crippen MR) is 105 cm³/mol. The summed E-state index contributed by atoms with van der Waals surface area (Å²) >= 11 is 0. The highest BCUT2D eigenvalue weighted by Gasteiger charge is 2.23. The largest absolute Gasteiger partial charge is 0.377 e. The lowest BCUT2D eigenvalue weighted by atomic mass is 9.97. The van der Waals surface area contributed by atoms with Crippen molar-refractivity contribution in [2.45, 2.75) is 25.2 Å². The van der Waals surface area contributed by atoms with Crippen molar-refractivity contribution in [1.82, 2.24) is 14.9 Å². The number of hydrogen-bond acceptors (Lipinski definition) is 5. The molecule has 3 heterocycles. The zero-order valence-electron chi connectivity index (χ0n) is 15.6. The monoisotopic (exact) mass is 368 g/mol. The van der Waals surface area contributed by atoms with E-state index < -0.39 is 0 Å². The molecule has 1 aromatic heterocycles. The van der Waals surface area contributed by atoms with E-state index in [-0.39, 0.29) is 5.82 Å². The van der Waals surface area contributed by atoms with E-state index in [1.54, 1.807) is 6.07 Å². The average molecular weight is 368 g/mol. The molecule has 2 aliphatic rings. The lowest BCUT2D eigenvalue weighted by Gasteiger charge is -2.29. The van der Waals surface area contributed by atoms with Crippen LogP contribution in [0.15, 0.2) is 36.4 Å². The van der Waals surface area contributed by atoms with Crippen LogP contribution in [-0.4, -0.2) is 48.2 Å². The maximum atomic E-state index is 13.6. The maximum absolute atomic E-state index is 13.6. The van der Waals surface area contributed by atoms with Crippen molar-refractivity contribution in [3.63, 3.8) is 0 Å². The smallest absolute Gasteiger partial charge is 0.135 e. The van der Waals surface area contributed by atoms with Gasteiger partial charge < -0.3 is 15.0 Å². The van der Waals surface area contributed by atoms with Gasteiger partial charge in [-0.1, -0.05) is 12.1 Å². The van der Waals surface area contributed by atoms with E-state index in [0.717, 1.165) is 43.9 Å². The summed E-state index contributed by atoms with van der Waals surface area (Å²) < 4.78 is 19.0. The van der Waals surface area contributed by atoms with Gasteiger partial charge in [0.25, 0.3) is 0 Å². The number of aromatic nitrogens is 2. The SMILES string of the molecule is CN1CCCC(c2nc(Nc3cccc(F)c3)cc(C3=CCOCC3)n2)C1. The standard InChI is InChI=1S/C21H25FN4O/c1-26-9-3-4-16(14-26)21-24-19(15-7-10-27-11-8-15)13-20(25-21)23-18-6-2-5-17(22)12-18/h2,5-7,12-13,16H,3-4,8-11,14H2,1H3,(H,23,24,25). The summed E-state index contributed by atoms with van der Waals surface area (Å²) in [4.78, 5) is 12.0. The van der Waals surface area contributed by atoms with Gasteiger partial charge in [0.15, 0.2) is 0 Å². The molecule has 0 radical (unpaired) electrons. The van der Waals surface area contributed by atoms with Crippen LogP contribution in [-0.2, 0) is 4.74 Å². The van der Waals surface area contributed by atoms with Gasteiger partial charge in [0.1, 0.15) is 17.5 Å². The summed E-state index contributed by atoms with van der Waals surface area (Å²) in [5.74, 6) is 1.62. The Hall–Kier alpha value is -2.31. The zero-order valence-corrected chi connectivity index (χ0v) is 15.6. The van der Waals surface area contributed by atoms with Crippen LogP contribution in [0.5, 0.6) is 0 Å². The molecule has 1 fully saturated rings. The molecule has 0 bridgehead atoms. The fourth-order valence-electron chi connectivity index (χ4n) is 3.73. The Kier molecular flexibility index (Phi) is 5.45. The molecule has 1 N–H and O–H groups in total. The number of likely N-dealkylation sites (N-methyl/N-ethyl adjacent to an activating group) is 1. The number of benzene rings is 1. The molecule has 1 saturated heterocycles. The molecule has 6 heteroatoms. The van der Waals surface area contributed by atoms with Crippen molar-refractivity contribution in [1.29, 1.82) is 0 Å². The molecule has 1 atom stereocenters. The van der Waals surface area contributed by atoms with Gasteiger partial charge in [-0.2, -0.15) is 0 Å². The second-order valence-corrected chi connectivity index (χ2v) is 7.29. The number of piperidine rings is 1. The molecule has 0 aliphatic carbocycles. The van der Waals surface area contributed by atoms with Gasteiger partial charge in [0.2, 0.25) is 0 Å². The third-order valence-corrected chi connectivity index (χ3v) is 5.12. The zero-order chi connectivity index (χ0) is 18.6. The normalized spacial score (nSPS) is 21.0. The summed E-state index contributed by atoms with van der Waals surface area (Å²) in [7, 11) is 2.14. The van der Waals surface area contributed by atoms with Crippen LogP contribution < -0.4 is 5.32 Å². The molecule has 0 amide bonds. The fourth-order valence-corrected chi connectivity index (χ4v) is 3.73. The van der Waals surface area contributed by atoms with Crippen molar-refractivity contribution in [2.24, 2.45) is 0 Å². The number of likely N-dealkylation sites (tertiary alicyclic amines) is 1. The highest BCUT2D eigenvalue weighted by molar-refractivity contribution is 5.67. The molecule has 142 valence electrons. The highest BCUT2D eigenvalue weighted by Crippen LogP contribution is 2.29. The number of hydrogen-bond donors (Lipinski definition) is 1. The van der Waals surface area contributed by atoms with Crippen molar-refractivity contribution < 1.29 is 9.13 Å². The number of rotatable bonds is 4. The topological polar surface area (TPSA) is 50.3 Å². The molecule has 2 aliphatic heterocycles. The minimum atomic E-state index is -0.268. The second kappa shape index (κ2) is 8.15. The number of nitrogens with one attached hydrogen (secondary N) is 1. The van der Waals surface area contributed by atoms with Crippen LogP contribution in [0.4, 0.5) is 15.9 Å². The van der Waals surface area contributed by atoms with Gasteiger partial charge in [0, 0.05) is 24.2 Å². The Morgan fingerprint density at radius 1 is 1.26 bits per heavy atom. The van der Waals surface area contributed by atoms with Crippen LogP contribution in [0.2, 0.25) is 0 Å². The summed E-state index contributed by atoms with van der Waals surface area (Å²) in [6.45, 7) is 3.41. The Morgan fingerprint density at radius 2 is 2.19 bits per heavy atom. The average Bonchev–Trinajstić information content (AvgIpc) is 2.68.